The summed E-state index contributed by atoms with van der Waals surface area (Å²) in [6.45, 7) is 4.05. The Hall–Kier alpha value is -3.22. The Morgan fingerprint density at radius 2 is 1.67 bits per heavy atom. The molecule has 2 aromatic heterocycles. The van der Waals surface area contributed by atoms with Crippen LogP contribution in [0.5, 0.6) is 11.5 Å². The van der Waals surface area contributed by atoms with Gasteiger partial charge in [-0.2, -0.15) is 0 Å². The number of thioether (sulfide) groups is 1. The van der Waals surface area contributed by atoms with Gasteiger partial charge in [0.1, 0.15) is 53.3 Å². The van der Waals surface area contributed by atoms with Crippen molar-refractivity contribution in [3.05, 3.63) is 72.3 Å². The van der Waals surface area contributed by atoms with E-state index >= 15 is 0 Å². The molecule has 6 rings (SSSR count). The molecule has 2 aliphatic rings. The first kappa shape index (κ1) is 26.0. The maximum Gasteiger partial charge on any atom is 0.166 e. The third kappa shape index (κ3) is 5.32. The molecule has 10 nitrogen and oxygen atoms in total. The second kappa shape index (κ2) is 10.7. The van der Waals surface area contributed by atoms with Gasteiger partial charge in [0.05, 0.1) is 20.0 Å². The number of benzene rings is 2. The monoisotopic (exact) mass is 550 g/mol. The number of aromatic nitrogens is 4. The smallest absolute Gasteiger partial charge is 0.166 e. The molecule has 0 radical (unpaired) electrons. The lowest BCUT2D eigenvalue weighted by Crippen LogP contribution is -2.31. The molecule has 1 N–H and O–H groups in total. The Labute approximate surface area is 230 Å². The van der Waals surface area contributed by atoms with Gasteiger partial charge < -0.3 is 28.8 Å². The second-order valence-electron chi connectivity index (χ2n) is 9.88. The molecule has 0 bridgehead atoms. The lowest BCUT2D eigenvalue weighted by atomic mass is 10.1. The zero-order chi connectivity index (χ0) is 27.0. The molecule has 204 valence electrons. The predicted octanol–water partition coefficient (Wildman–Crippen LogP) is 4.12. The Morgan fingerprint density at radius 3 is 2.41 bits per heavy atom. The van der Waals surface area contributed by atoms with E-state index in [-0.39, 0.29) is 18.8 Å². The standard InChI is InChI=1S/C28H30N4O6S/c1-28(2)37-23-21(12-33)36-27(24(23)38-28)32-16-31-22-25(32)29-15-30-26(22)39-14-18-6-10-20(11-7-18)35-13-17-4-8-19(34-3)9-5-17/h4-11,15-16,21,23-24,27,33H,12-14H2,1-3H3/t21-,23?,24?,27-/m1/s1. The molecule has 4 atom stereocenters. The van der Waals surface area contributed by atoms with Gasteiger partial charge in [-0.05, 0) is 49.2 Å². The molecule has 0 spiro atoms. The third-order valence-electron chi connectivity index (χ3n) is 6.77. The van der Waals surface area contributed by atoms with E-state index in [0.29, 0.717) is 23.5 Å². The minimum absolute atomic E-state index is 0.162. The minimum Gasteiger partial charge on any atom is -0.497 e. The largest absolute Gasteiger partial charge is 0.497 e. The number of methoxy groups -OCH3 is 1. The average molecular weight is 551 g/mol. The summed E-state index contributed by atoms with van der Waals surface area (Å²) in [6.07, 6.45) is 1.46. The Morgan fingerprint density at radius 1 is 0.949 bits per heavy atom. The van der Waals surface area contributed by atoms with Crippen molar-refractivity contribution in [1.29, 1.82) is 0 Å². The van der Waals surface area contributed by atoms with Crippen LogP contribution < -0.4 is 9.47 Å². The van der Waals surface area contributed by atoms with Gasteiger partial charge in [0.2, 0.25) is 0 Å². The number of rotatable bonds is 9. The van der Waals surface area contributed by atoms with E-state index in [2.05, 4.69) is 15.0 Å². The molecule has 2 saturated heterocycles. The number of hydrogen-bond donors (Lipinski definition) is 1. The number of imidazole rings is 1. The van der Waals surface area contributed by atoms with Gasteiger partial charge in [-0.1, -0.05) is 36.0 Å². The fraction of sp³-hybridized carbons (Fsp3) is 0.393. The topological polar surface area (TPSA) is 110 Å². The van der Waals surface area contributed by atoms with Gasteiger partial charge in [0.15, 0.2) is 17.7 Å². The molecule has 39 heavy (non-hydrogen) atoms. The summed E-state index contributed by atoms with van der Waals surface area (Å²) >= 11 is 1.59. The van der Waals surface area contributed by atoms with Crippen LogP contribution in [0, 0.1) is 0 Å². The summed E-state index contributed by atoms with van der Waals surface area (Å²) in [5.41, 5.74) is 3.54. The molecule has 2 aromatic carbocycles. The maximum absolute atomic E-state index is 9.82. The summed E-state index contributed by atoms with van der Waals surface area (Å²) in [4.78, 5) is 13.6. The van der Waals surface area contributed by atoms with Crippen LogP contribution >= 0.6 is 11.8 Å². The number of hydrogen-bond acceptors (Lipinski definition) is 10. The Kier molecular flexibility index (Phi) is 7.17. The Bertz CT molecular complexity index is 1430. The highest BCUT2D eigenvalue weighted by Crippen LogP contribution is 2.43. The molecule has 4 aromatic rings. The number of ether oxygens (including phenoxy) is 5. The average Bonchev–Trinajstić information content (AvgIpc) is 3.62. The van der Waals surface area contributed by atoms with E-state index in [1.54, 1.807) is 25.2 Å². The van der Waals surface area contributed by atoms with Crippen LogP contribution in [0.3, 0.4) is 0 Å². The van der Waals surface area contributed by atoms with Crippen LogP contribution in [0.4, 0.5) is 0 Å². The number of fused-ring (bicyclic) bond motifs is 2. The lowest BCUT2D eigenvalue weighted by molar-refractivity contribution is -0.199. The van der Waals surface area contributed by atoms with Gasteiger partial charge in [-0.25, -0.2) is 15.0 Å². The molecule has 4 heterocycles. The van der Waals surface area contributed by atoms with Crippen molar-refractivity contribution in [2.24, 2.45) is 0 Å². The van der Waals surface area contributed by atoms with Gasteiger partial charge in [0, 0.05) is 5.75 Å². The summed E-state index contributed by atoms with van der Waals surface area (Å²) in [5, 5.41) is 10.6. The molecule has 2 aliphatic heterocycles. The van der Waals surface area contributed by atoms with E-state index in [0.717, 1.165) is 27.7 Å². The minimum atomic E-state index is -0.757. The van der Waals surface area contributed by atoms with E-state index in [1.807, 2.05) is 66.9 Å². The van der Waals surface area contributed by atoms with Crippen molar-refractivity contribution in [1.82, 2.24) is 19.5 Å². The van der Waals surface area contributed by atoms with Crippen molar-refractivity contribution in [2.45, 2.75) is 61.6 Å². The highest BCUT2D eigenvalue weighted by molar-refractivity contribution is 7.98. The number of nitrogens with zero attached hydrogens (tertiary/aromatic N) is 4. The first-order valence-electron chi connectivity index (χ1n) is 12.7. The zero-order valence-electron chi connectivity index (χ0n) is 21.9. The first-order valence-corrected chi connectivity index (χ1v) is 13.7. The summed E-state index contributed by atoms with van der Waals surface area (Å²) in [7, 11) is 1.65. The van der Waals surface area contributed by atoms with Gasteiger partial charge in [-0.15, -0.1) is 0 Å². The van der Waals surface area contributed by atoms with Crippen LogP contribution in [0.2, 0.25) is 0 Å². The SMILES string of the molecule is COc1ccc(COc2ccc(CSc3ncnc4c3ncn4[C@@H]3O[C@H](CO)C4OC(C)(C)OC43)cc2)cc1. The van der Waals surface area contributed by atoms with Crippen LogP contribution in [0.25, 0.3) is 11.2 Å². The Balaban J connectivity index is 1.11. The van der Waals surface area contributed by atoms with Crippen LogP contribution in [0.1, 0.15) is 31.2 Å². The quantitative estimate of drug-likeness (QED) is 0.241. The molecule has 2 fully saturated rings. The molecule has 0 amide bonds. The molecular weight excluding hydrogens is 520 g/mol. The summed E-state index contributed by atoms with van der Waals surface area (Å²) < 4.78 is 31.2. The maximum atomic E-state index is 9.82. The second-order valence-corrected chi connectivity index (χ2v) is 10.8. The molecule has 0 aliphatic carbocycles. The first-order chi connectivity index (χ1) is 18.9. The lowest BCUT2D eigenvalue weighted by Gasteiger charge is -2.24. The van der Waals surface area contributed by atoms with Gasteiger partial charge in [-0.3, -0.25) is 4.57 Å². The third-order valence-corrected chi connectivity index (χ3v) is 7.82. The molecule has 11 heteroatoms. The normalized spacial score (nSPS) is 23.7. The number of aliphatic hydroxyl groups excluding tert-OH is 1. The van der Waals surface area contributed by atoms with Crippen LogP contribution in [0.15, 0.2) is 66.2 Å². The van der Waals surface area contributed by atoms with Crippen molar-refractivity contribution >= 4 is 22.9 Å². The zero-order valence-corrected chi connectivity index (χ0v) is 22.7. The van der Waals surface area contributed by atoms with Crippen molar-refractivity contribution < 1.29 is 28.8 Å². The van der Waals surface area contributed by atoms with Crippen LogP contribution in [-0.2, 0) is 26.6 Å². The molecule has 0 saturated carbocycles. The van der Waals surface area contributed by atoms with Gasteiger partial charge >= 0.3 is 0 Å². The van der Waals surface area contributed by atoms with Crippen molar-refractivity contribution in [2.75, 3.05) is 13.7 Å². The predicted molar refractivity (Wildman–Crippen MR) is 143 cm³/mol. The van der Waals surface area contributed by atoms with Crippen LogP contribution in [-0.4, -0.2) is 62.4 Å². The van der Waals surface area contributed by atoms with E-state index in [9.17, 15) is 5.11 Å². The van der Waals surface area contributed by atoms with Gasteiger partial charge in [0.25, 0.3) is 0 Å². The fourth-order valence-electron chi connectivity index (χ4n) is 4.87. The molecule has 2 unspecified atom stereocenters. The van der Waals surface area contributed by atoms with E-state index in [1.165, 1.54) is 6.33 Å². The summed E-state index contributed by atoms with van der Waals surface area (Å²) in [5.74, 6) is 1.58. The highest BCUT2D eigenvalue weighted by atomic mass is 32.2. The summed E-state index contributed by atoms with van der Waals surface area (Å²) in [6, 6.07) is 15.9. The highest BCUT2D eigenvalue weighted by Gasteiger charge is 2.56. The van der Waals surface area contributed by atoms with Crippen molar-refractivity contribution in [3.8, 4) is 11.5 Å². The van der Waals surface area contributed by atoms with Crippen molar-refractivity contribution in [3.63, 3.8) is 0 Å². The number of aliphatic hydroxyl groups is 1. The molecular formula is C28H30N4O6S. The van der Waals surface area contributed by atoms with E-state index in [4.69, 9.17) is 23.7 Å². The van der Waals surface area contributed by atoms with E-state index < -0.39 is 18.1 Å². The fourth-order valence-corrected chi connectivity index (χ4v) is 5.77.